The van der Waals surface area contributed by atoms with E-state index >= 15 is 0 Å². The summed E-state index contributed by atoms with van der Waals surface area (Å²) in [6.45, 7) is 1.83. The zero-order chi connectivity index (χ0) is 16.8. The molecule has 0 spiro atoms. The molecule has 122 valence electrons. The summed E-state index contributed by atoms with van der Waals surface area (Å²) in [5.41, 5.74) is 0.447. The minimum absolute atomic E-state index is 0.0731. The fourth-order valence-corrected chi connectivity index (χ4v) is 2.20. The largest absolute Gasteiger partial charge is 0.467 e. The number of nitrogens with zero attached hydrogens (tertiary/aromatic N) is 1. The Balaban J connectivity index is 1.92. The van der Waals surface area contributed by atoms with E-state index in [1.54, 1.807) is 12.1 Å². The number of hydrogen-bond acceptors (Lipinski definition) is 3. The van der Waals surface area contributed by atoms with Crippen molar-refractivity contribution in [3.63, 3.8) is 0 Å². The molecule has 23 heavy (non-hydrogen) atoms. The molecule has 1 aromatic carbocycles. The molecule has 0 bridgehead atoms. The Morgan fingerprint density at radius 3 is 2.74 bits per heavy atom. The van der Waals surface area contributed by atoms with Crippen LogP contribution >= 0.6 is 11.6 Å². The Kier molecular flexibility index (Phi) is 5.76. The molecule has 0 aliphatic carbocycles. The van der Waals surface area contributed by atoms with E-state index < -0.39 is 5.82 Å². The average Bonchev–Trinajstić information content (AvgIpc) is 3.02. The predicted octanol–water partition coefficient (Wildman–Crippen LogP) is 3.13. The number of benzene rings is 1. The van der Waals surface area contributed by atoms with Gasteiger partial charge < -0.3 is 14.6 Å². The molecule has 1 N–H and O–H groups in total. The van der Waals surface area contributed by atoms with E-state index in [-0.39, 0.29) is 36.3 Å². The van der Waals surface area contributed by atoms with Gasteiger partial charge in [0, 0.05) is 25.6 Å². The molecule has 0 unspecified atom stereocenters. The Labute approximate surface area is 138 Å². The number of rotatable bonds is 6. The van der Waals surface area contributed by atoms with E-state index in [4.69, 9.17) is 16.0 Å². The predicted molar refractivity (Wildman–Crippen MR) is 84.6 cm³/mol. The van der Waals surface area contributed by atoms with Crippen LogP contribution in [0.1, 0.15) is 19.1 Å². The van der Waals surface area contributed by atoms with Crippen molar-refractivity contribution >= 4 is 29.1 Å². The van der Waals surface area contributed by atoms with Crippen LogP contribution < -0.4 is 10.2 Å². The number of furan rings is 1. The molecule has 1 aromatic heterocycles. The van der Waals surface area contributed by atoms with Crippen molar-refractivity contribution < 1.29 is 18.4 Å². The van der Waals surface area contributed by atoms with Crippen LogP contribution in [0.5, 0.6) is 0 Å². The summed E-state index contributed by atoms with van der Waals surface area (Å²) in [6, 6.07) is 7.48. The first-order valence-electron chi connectivity index (χ1n) is 6.99. The molecular weight excluding hydrogens is 323 g/mol. The number of carbonyl (C=O) groups excluding carboxylic acids is 2. The maximum absolute atomic E-state index is 13.2. The Hall–Kier alpha value is -2.34. The second-order valence-electron chi connectivity index (χ2n) is 4.88. The summed E-state index contributed by atoms with van der Waals surface area (Å²) < 4.78 is 18.3. The van der Waals surface area contributed by atoms with Gasteiger partial charge in [0.05, 0.1) is 17.8 Å². The maximum Gasteiger partial charge on any atom is 0.223 e. The first-order chi connectivity index (χ1) is 11.0. The maximum atomic E-state index is 13.2. The van der Waals surface area contributed by atoms with Crippen LogP contribution in [0.25, 0.3) is 0 Å². The molecule has 0 saturated carbocycles. The van der Waals surface area contributed by atoms with Crippen LogP contribution in [0, 0.1) is 5.82 Å². The summed E-state index contributed by atoms with van der Waals surface area (Å²) in [4.78, 5) is 25.0. The summed E-state index contributed by atoms with van der Waals surface area (Å²) in [5.74, 6) is -0.394. The smallest absolute Gasteiger partial charge is 0.223 e. The lowest BCUT2D eigenvalue weighted by molar-refractivity contribution is -0.121. The monoisotopic (exact) mass is 338 g/mol. The summed E-state index contributed by atoms with van der Waals surface area (Å²) in [5, 5.41) is 2.62. The lowest BCUT2D eigenvalue weighted by Crippen LogP contribution is -2.33. The highest BCUT2D eigenvalue weighted by molar-refractivity contribution is 6.31. The van der Waals surface area contributed by atoms with E-state index in [0.29, 0.717) is 11.4 Å². The lowest BCUT2D eigenvalue weighted by Gasteiger charge is -2.21. The molecule has 2 rings (SSSR count). The van der Waals surface area contributed by atoms with Crippen molar-refractivity contribution in [2.75, 3.05) is 11.4 Å². The molecule has 0 aliphatic rings. The van der Waals surface area contributed by atoms with Crippen LogP contribution in [-0.2, 0) is 16.1 Å². The molecule has 0 fully saturated rings. The molecule has 7 heteroatoms. The molecule has 0 saturated heterocycles. The van der Waals surface area contributed by atoms with Crippen LogP contribution in [-0.4, -0.2) is 18.4 Å². The van der Waals surface area contributed by atoms with Crippen LogP contribution in [0.15, 0.2) is 41.0 Å². The van der Waals surface area contributed by atoms with Gasteiger partial charge in [-0.3, -0.25) is 9.59 Å². The van der Waals surface area contributed by atoms with E-state index in [9.17, 15) is 14.0 Å². The molecule has 0 aliphatic heterocycles. The van der Waals surface area contributed by atoms with E-state index in [0.717, 1.165) is 0 Å². The Morgan fingerprint density at radius 1 is 1.35 bits per heavy atom. The topological polar surface area (TPSA) is 62.6 Å². The zero-order valence-corrected chi connectivity index (χ0v) is 13.3. The minimum atomic E-state index is -0.560. The van der Waals surface area contributed by atoms with Crippen molar-refractivity contribution in [1.29, 1.82) is 0 Å². The highest BCUT2D eigenvalue weighted by atomic mass is 35.5. The molecule has 2 amide bonds. The Bertz CT molecular complexity index is 689. The van der Waals surface area contributed by atoms with E-state index in [1.807, 2.05) is 0 Å². The van der Waals surface area contributed by atoms with Crippen LogP contribution in [0.2, 0.25) is 5.02 Å². The third-order valence-electron chi connectivity index (χ3n) is 3.20. The summed E-state index contributed by atoms with van der Waals surface area (Å²) in [7, 11) is 0. The second-order valence-corrected chi connectivity index (χ2v) is 5.28. The third kappa shape index (κ3) is 4.82. The number of anilines is 1. The lowest BCUT2D eigenvalue weighted by atomic mass is 10.2. The van der Waals surface area contributed by atoms with Crippen molar-refractivity contribution in [2.45, 2.75) is 19.9 Å². The third-order valence-corrected chi connectivity index (χ3v) is 3.49. The molecule has 1 heterocycles. The van der Waals surface area contributed by atoms with Gasteiger partial charge in [0.1, 0.15) is 11.6 Å². The van der Waals surface area contributed by atoms with Gasteiger partial charge in [0.25, 0.3) is 0 Å². The highest BCUT2D eigenvalue weighted by Gasteiger charge is 2.15. The SMILES string of the molecule is CC(=O)N(CCC(=O)NCc1ccco1)c1ccc(F)c(Cl)c1. The van der Waals surface area contributed by atoms with Crippen LogP contribution in [0.4, 0.5) is 10.1 Å². The van der Waals surface area contributed by atoms with Gasteiger partial charge in [-0.15, -0.1) is 0 Å². The average molecular weight is 339 g/mol. The number of amides is 2. The number of halogens is 2. The number of hydrogen-bond donors (Lipinski definition) is 1. The van der Waals surface area contributed by atoms with Crippen molar-refractivity contribution in [2.24, 2.45) is 0 Å². The number of nitrogens with one attached hydrogen (secondary N) is 1. The van der Waals surface area contributed by atoms with Crippen LogP contribution in [0.3, 0.4) is 0 Å². The molecule has 0 atom stereocenters. The first kappa shape index (κ1) is 17.0. The first-order valence-corrected chi connectivity index (χ1v) is 7.37. The van der Waals surface area contributed by atoms with Crippen molar-refractivity contribution in [1.82, 2.24) is 5.32 Å². The molecule has 5 nitrogen and oxygen atoms in total. The summed E-state index contributed by atoms with van der Waals surface area (Å²) >= 11 is 5.73. The fourth-order valence-electron chi connectivity index (χ4n) is 2.02. The standard InChI is InChI=1S/C16H16ClFN2O3/c1-11(21)20(12-4-5-15(18)14(17)9-12)7-6-16(22)19-10-13-3-2-8-23-13/h2-5,8-9H,6-7,10H2,1H3,(H,19,22). The second kappa shape index (κ2) is 7.78. The Morgan fingerprint density at radius 2 is 2.13 bits per heavy atom. The zero-order valence-electron chi connectivity index (χ0n) is 12.5. The van der Waals surface area contributed by atoms with Gasteiger partial charge in [0.2, 0.25) is 11.8 Å². The van der Waals surface area contributed by atoms with Gasteiger partial charge in [-0.2, -0.15) is 0 Å². The molecule has 2 aromatic rings. The minimum Gasteiger partial charge on any atom is -0.467 e. The van der Waals surface area contributed by atoms with Gasteiger partial charge in [-0.1, -0.05) is 11.6 Å². The number of carbonyl (C=O) groups is 2. The van der Waals surface area contributed by atoms with Crippen molar-refractivity contribution in [3.05, 3.63) is 53.2 Å². The van der Waals surface area contributed by atoms with E-state index in [1.165, 1.54) is 36.3 Å². The van der Waals surface area contributed by atoms with Crippen molar-refractivity contribution in [3.8, 4) is 0 Å². The molecular formula is C16H16ClFN2O3. The van der Waals surface area contributed by atoms with E-state index in [2.05, 4.69) is 5.32 Å². The van der Waals surface area contributed by atoms with Gasteiger partial charge in [-0.25, -0.2) is 4.39 Å². The quantitative estimate of drug-likeness (QED) is 0.880. The highest BCUT2D eigenvalue weighted by Crippen LogP contribution is 2.23. The summed E-state index contributed by atoms with van der Waals surface area (Å²) in [6.07, 6.45) is 1.63. The van der Waals surface area contributed by atoms with Gasteiger partial charge >= 0.3 is 0 Å². The molecule has 0 radical (unpaired) electrons. The fraction of sp³-hybridized carbons (Fsp3) is 0.250. The van der Waals surface area contributed by atoms with Gasteiger partial charge in [0.15, 0.2) is 0 Å². The normalized spacial score (nSPS) is 10.4. The van der Waals surface area contributed by atoms with Gasteiger partial charge in [-0.05, 0) is 30.3 Å².